The molecule has 2 aliphatic rings. The first kappa shape index (κ1) is 21.0. The Hall–Kier alpha value is -2.87. The molecule has 7 nitrogen and oxygen atoms in total. The maximum atomic E-state index is 13.1. The van der Waals surface area contributed by atoms with E-state index < -0.39 is 0 Å². The van der Waals surface area contributed by atoms with Gasteiger partial charge in [0.15, 0.2) is 11.5 Å². The summed E-state index contributed by atoms with van der Waals surface area (Å²) >= 11 is 1.44. The molecule has 0 radical (unpaired) electrons. The molecule has 168 valence electrons. The Bertz CT molecular complexity index is 1150. The van der Waals surface area contributed by atoms with E-state index in [1.807, 2.05) is 38.1 Å². The average molecular weight is 453 g/mol. The fourth-order valence-electron chi connectivity index (χ4n) is 4.34. The number of anilines is 1. The number of piperidine rings is 1. The van der Waals surface area contributed by atoms with E-state index >= 15 is 0 Å². The number of aromatic nitrogens is 2. The highest BCUT2D eigenvalue weighted by Crippen LogP contribution is 2.37. The van der Waals surface area contributed by atoms with E-state index in [0.717, 1.165) is 65.0 Å². The summed E-state index contributed by atoms with van der Waals surface area (Å²) in [6.07, 6.45) is 2.10. The number of hydrogen-bond acceptors (Lipinski definition) is 7. The number of hydrogen-bond donors (Lipinski definition) is 1. The number of aryl methyl sites for hydroxylation is 2. The predicted octanol–water partition coefficient (Wildman–Crippen LogP) is 4.11. The third kappa shape index (κ3) is 3.99. The quantitative estimate of drug-likeness (QED) is 0.642. The number of benzene rings is 1. The van der Waals surface area contributed by atoms with E-state index in [1.54, 1.807) is 0 Å². The van der Waals surface area contributed by atoms with Crippen molar-refractivity contribution in [2.45, 2.75) is 39.7 Å². The van der Waals surface area contributed by atoms with Gasteiger partial charge in [0.25, 0.3) is 5.91 Å². The average Bonchev–Trinajstić information content (AvgIpc) is 3.13. The fraction of sp³-hybridized carbons (Fsp3) is 0.458. The molecule has 32 heavy (non-hydrogen) atoms. The molecule has 2 aromatic heterocycles. The highest BCUT2D eigenvalue weighted by atomic mass is 32.1. The summed E-state index contributed by atoms with van der Waals surface area (Å²) in [7, 11) is 0. The van der Waals surface area contributed by atoms with Crippen LogP contribution in [-0.2, 0) is 0 Å². The maximum Gasteiger partial charge on any atom is 0.261 e. The van der Waals surface area contributed by atoms with E-state index in [1.165, 1.54) is 11.3 Å². The molecule has 4 heterocycles. The number of carbonyl (C=O) groups excluding carboxylic acids is 1. The fourth-order valence-corrected chi connectivity index (χ4v) is 5.48. The van der Waals surface area contributed by atoms with Crippen LogP contribution in [-0.4, -0.2) is 48.2 Å². The minimum atomic E-state index is -0.225. The molecule has 3 aromatic rings. The second-order valence-corrected chi connectivity index (χ2v) is 9.71. The standard InChI is InChI=1S/C24H28N4O3S/c1-14-8-10-28(11-9-14)22-20-15(2)21(32-24(20)27-16(3)26-22)23(29)25-12-17-13-30-18-6-4-5-7-19(18)31-17/h4-7,14,17H,8-13H2,1-3H3,(H,25,29)/t17-/m0/s1. The Kier molecular flexibility index (Phi) is 5.63. The van der Waals surface area contributed by atoms with Crippen LogP contribution in [0.5, 0.6) is 11.5 Å². The molecule has 5 rings (SSSR count). The normalized spacial score (nSPS) is 18.7. The Morgan fingerprint density at radius 3 is 2.72 bits per heavy atom. The van der Waals surface area contributed by atoms with Gasteiger partial charge < -0.3 is 19.7 Å². The van der Waals surface area contributed by atoms with Crippen LogP contribution in [0, 0.1) is 19.8 Å². The molecular weight excluding hydrogens is 424 g/mol. The van der Waals surface area contributed by atoms with Crippen molar-refractivity contribution < 1.29 is 14.3 Å². The first-order valence-corrected chi connectivity index (χ1v) is 12.0. The summed E-state index contributed by atoms with van der Waals surface area (Å²) in [5, 5.41) is 4.03. The van der Waals surface area contributed by atoms with Gasteiger partial charge in [-0.1, -0.05) is 19.1 Å². The van der Waals surface area contributed by atoms with E-state index in [0.29, 0.717) is 23.8 Å². The molecule has 1 atom stereocenters. The second kappa shape index (κ2) is 8.58. The summed E-state index contributed by atoms with van der Waals surface area (Å²) in [5.41, 5.74) is 0.947. The van der Waals surface area contributed by atoms with Crippen LogP contribution >= 0.6 is 11.3 Å². The zero-order chi connectivity index (χ0) is 22.2. The maximum absolute atomic E-state index is 13.1. The molecule has 0 unspecified atom stereocenters. The van der Waals surface area contributed by atoms with Crippen LogP contribution in [0.15, 0.2) is 24.3 Å². The van der Waals surface area contributed by atoms with Crippen molar-refractivity contribution in [3.8, 4) is 11.5 Å². The summed E-state index contributed by atoms with van der Waals surface area (Å²) in [6, 6.07) is 7.59. The Morgan fingerprint density at radius 2 is 1.94 bits per heavy atom. The molecule has 8 heteroatoms. The Balaban J connectivity index is 1.34. The lowest BCUT2D eigenvalue weighted by Crippen LogP contribution is -2.40. The molecule has 1 fully saturated rings. The lowest BCUT2D eigenvalue weighted by molar-refractivity contribution is 0.0791. The molecule has 1 saturated heterocycles. The monoisotopic (exact) mass is 452 g/mol. The van der Waals surface area contributed by atoms with Crippen molar-refractivity contribution in [1.29, 1.82) is 0 Å². The minimum absolute atomic E-state index is 0.108. The highest BCUT2D eigenvalue weighted by molar-refractivity contribution is 7.20. The molecule has 2 aliphatic heterocycles. The lowest BCUT2D eigenvalue weighted by atomic mass is 9.99. The lowest BCUT2D eigenvalue weighted by Gasteiger charge is -2.31. The van der Waals surface area contributed by atoms with Gasteiger partial charge in [-0.25, -0.2) is 9.97 Å². The number of amides is 1. The Labute approximate surface area is 191 Å². The summed E-state index contributed by atoms with van der Waals surface area (Å²) in [6.45, 7) is 8.99. The van der Waals surface area contributed by atoms with Crippen molar-refractivity contribution in [3.63, 3.8) is 0 Å². The van der Waals surface area contributed by atoms with Crippen LogP contribution in [0.1, 0.15) is 40.8 Å². The van der Waals surface area contributed by atoms with Gasteiger partial charge in [-0.15, -0.1) is 11.3 Å². The Morgan fingerprint density at radius 1 is 1.19 bits per heavy atom. The third-order valence-corrected chi connectivity index (χ3v) is 7.41. The largest absolute Gasteiger partial charge is 0.486 e. The molecule has 1 amide bonds. The van der Waals surface area contributed by atoms with Crippen LogP contribution in [0.25, 0.3) is 10.2 Å². The van der Waals surface area contributed by atoms with Gasteiger partial charge in [0.05, 0.1) is 16.8 Å². The zero-order valence-electron chi connectivity index (χ0n) is 18.7. The molecule has 1 N–H and O–H groups in total. The van der Waals surface area contributed by atoms with Gasteiger partial charge in [0.1, 0.15) is 29.2 Å². The van der Waals surface area contributed by atoms with Crippen molar-refractivity contribution in [2.75, 3.05) is 31.1 Å². The van der Waals surface area contributed by atoms with Crippen LogP contribution in [0.4, 0.5) is 5.82 Å². The van der Waals surface area contributed by atoms with Gasteiger partial charge in [0.2, 0.25) is 0 Å². The van der Waals surface area contributed by atoms with E-state index in [-0.39, 0.29) is 12.0 Å². The van der Waals surface area contributed by atoms with Crippen molar-refractivity contribution >= 4 is 33.3 Å². The minimum Gasteiger partial charge on any atom is -0.486 e. The van der Waals surface area contributed by atoms with Crippen LogP contribution < -0.4 is 19.7 Å². The van der Waals surface area contributed by atoms with Gasteiger partial charge in [-0.05, 0) is 50.3 Å². The topological polar surface area (TPSA) is 76.6 Å². The SMILES string of the molecule is Cc1nc(N2CCC(C)CC2)c2c(C)c(C(=O)NC[C@H]3COc4ccccc4O3)sc2n1. The van der Waals surface area contributed by atoms with E-state index in [4.69, 9.17) is 14.5 Å². The number of fused-ring (bicyclic) bond motifs is 2. The number of carbonyl (C=O) groups is 1. The molecule has 1 aromatic carbocycles. The van der Waals surface area contributed by atoms with Crippen molar-refractivity contribution in [3.05, 3.63) is 40.5 Å². The van der Waals surface area contributed by atoms with Gasteiger partial charge in [0, 0.05) is 13.1 Å². The van der Waals surface area contributed by atoms with E-state index in [2.05, 4.69) is 22.1 Å². The molecule has 0 bridgehead atoms. The number of nitrogens with zero attached hydrogens (tertiary/aromatic N) is 3. The number of nitrogens with one attached hydrogen (secondary N) is 1. The van der Waals surface area contributed by atoms with E-state index in [9.17, 15) is 4.79 Å². The third-order valence-electron chi connectivity index (χ3n) is 6.23. The number of para-hydroxylation sites is 2. The second-order valence-electron chi connectivity index (χ2n) is 8.71. The first-order chi connectivity index (χ1) is 15.5. The summed E-state index contributed by atoms with van der Waals surface area (Å²) in [4.78, 5) is 26.4. The van der Waals surface area contributed by atoms with Crippen LogP contribution in [0.2, 0.25) is 0 Å². The molecule has 0 spiro atoms. The van der Waals surface area contributed by atoms with Crippen molar-refractivity contribution in [1.82, 2.24) is 15.3 Å². The predicted molar refractivity (Wildman–Crippen MR) is 126 cm³/mol. The van der Waals surface area contributed by atoms with Gasteiger partial charge in [-0.2, -0.15) is 0 Å². The summed E-state index contributed by atoms with van der Waals surface area (Å²) < 4.78 is 11.7. The highest BCUT2D eigenvalue weighted by Gasteiger charge is 2.26. The molecule has 0 aliphatic carbocycles. The van der Waals surface area contributed by atoms with Crippen LogP contribution in [0.3, 0.4) is 0 Å². The smallest absolute Gasteiger partial charge is 0.261 e. The molecular formula is C24H28N4O3S. The van der Waals surface area contributed by atoms with Gasteiger partial charge in [-0.3, -0.25) is 4.79 Å². The zero-order valence-corrected chi connectivity index (χ0v) is 19.5. The number of ether oxygens (including phenoxy) is 2. The first-order valence-electron chi connectivity index (χ1n) is 11.2. The number of rotatable bonds is 4. The number of thiophene rings is 1. The summed E-state index contributed by atoms with van der Waals surface area (Å²) in [5.74, 6) is 3.79. The molecule has 0 saturated carbocycles. The van der Waals surface area contributed by atoms with Crippen molar-refractivity contribution in [2.24, 2.45) is 5.92 Å². The van der Waals surface area contributed by atoms with Gasteiger partial charge >= 0.3 is 0 Å².